The Kier molecular flexibility index (Phi) is 4.33. The smallest absolute Gasteiger partial charge is 0.159 e. The summed E-state index contributed by atoms with van der Waals surface area (Å²) in [6.45, 7) is 5.70. The quantitative estimate of drug-likeness (QED) is 0.591. The van der Waals surface area contributed by atoms with Gasteiger partial charge < -0.3 is 0 Å². The Labute approximate surface area is 139 Å². The second-order valence-corrected chi connectivity index (χ2v) is 5.42. The van der Waals surface area contributed by atoms with E-state index in [1.807, 2.05) is 19.9 Å². The molecule has 3 aromatic rings. The first-order valence-corrected chi connectivity index (χ1v) is 7.45. The van der Waals surface area contributed by atoms with Crippen LogP contribution in [0, 0.1) is 26.6 Å². The van der Waals surface area contributed by atoms with Gasteiger partial charge in [-0.3, -0.25) is 5.43 Å². The van der Waals surface area contributed by atoms with Crippen molar-refractivity contribution in [3.63, 3.8) is 0 Å². The lowest BCUT2D eigenvalue weighted by Gasteiger charge is -2.07. The van der Waals surface area contributed by atoms with Crippen molar-refractivity contribution >= 4 is 12.0 Å². The van der Waals surface area contributed by atoms with Crippen LogP contribution in [0.15, 0.2) is 41.5 Å². The molecule has 0 fully saturated rings. The van der Waals surface area contributed by atoms with Crippen LogP contribution in [-0.2, 0) is 0 Å². The second kappa shape index (κ2) is 6.57. The molecule has 2 aromatic heterocycles. The van der Waals surface area contributed by atoms with Crippen LogP contribution < -0.4 is 5.43 Å². The van der Waals surface area contributed by atoms with Crippen LogP contribution >= 0.6 is 0 Å². The summed E-state index contributed by atoms with van der Waals surface area (Å²) in [6.07, 6.45) is 1.53. The molecule has 122 valence electrons. The summed E-state index contributed by atoms with van der Waals surface area (Å²) < 4.78 is 14.9. The molecule has 0 saturated heterocycles. The van der Waals surface area contributed by atoms with Gasteiger partial charge in [0.15, 0.2) is 11.6 Å². The zero-order valence-corrected chi connectivity index (χ0v) is 13.7. The molecule has 24 heavy (non-hydrogen) atoms. The summed E-state index contributed by atoms with van der Waals surface area (Å²) in [5, 5.41) is 8.51. The van der Waals surface area contributed by atoms with Crippen LogP contribution in [0.1, 0.15) is 22.8 Å². The van der Waals surface area contributed by atoms with Gasteiger partial charge in [-0.15, -0.1) is 0 Å². The van der Waals surface area contributed by atoms with E-state index in [0.29, 0.717) is 23.0 Å². The maximum absolute atomic E-state index is 13.1. The van der Waals surface area contributed by atoms with E-state index in [-0.39, 0.29) is 5.82 Å². The van der Waals surface area contributed by atoms with Crippen molar-refractivity contribution < 1.29 is 4.39 Å². The van der Waals surface area contributed by atoms with Gasteiger partial charge >= 0.3 is 0 Å². The molecule has 0 bridgehead atoms. The van der Waals surface area contributed by atoms with Crippen LogP contribution in [-0.4, -0.2) is 26.0 Å². The maximum atomic E-state index is 13.1. The number of nitrogens with one attached hydrogen (secondary N) is 1. The predicted molar refractivity (Wildman–Crippen MR) is 91.0 cm³/mol. The van der Waals surface area contributed by atoms with Gasteiger partial charge in [0, 0.05) is 11.8 Å². The summed E-state index contributed by atoms with van der Waals surface area (Å²) in [5.41, 5.74) is 5.41. The Bertz CT molecular complexity index is 900. The van der Waals surface area contributed by atoms with Crippen molar-refractivity contribution in [3.05, 3.63) is 65.0 Å². The first-order valence-electron chi connectivity index (χ1n) is 7.45. The molecule has 1 aromatic carbocycles. The fourth-order valence-corrected chi connectivity index (χ4v) is 2.34. The molecule has 0 aliphatic rings. The van der Waals surface area contributed by atoms with E-state index in [0.717, 1.165) is 11.4 Å². The zero-order valence-electron chi connectivity index (χ0n) is 13.7. The Balaban J connectivity index is 1.83. The molecular formula is C17H17FN6. The Morgan fingerprint density at radius 3 is 2.67 bits per heavy atom. The summed E-state index contributed by atoms with van der Waals surface area (Å²) >= 11 is 0. The van der Waals surface area contributed by atoms with Crippen molar-refractivity contribution in [3.8, 4) is 5.82 Å². The number of hydrogen-bond acceptors (Lipinski definition) is 5. The van der Waals surface area contributed by atoms with E-state index in [1.54, 1.807) is 29.8 Å². The Morgan fingerprint density at radius 1 is 1.12 bits per heavy atom. The molecule has 0 unspecified atom stereocenters. The average Bonchev–Trinajstić information content (AvgIpc) is 2.85. The van der Waals surface area contributed by atoms with Crippen molar-refractivity contribution in [2.75, 3.05) is 5.43 Å². The van der Waals surface area contributed by atoms with Gasteiger partial charge in [-0.2, -0.15) is 10.2 Å². The van der Waals surface area contributed by atoms with E-state index >= 15 is 0 Å². The number of halogens is 1. The van der Waals surface area contributed by atoms with E-state index < -0.39 is 0 Å². The SMILES string of the molecule is Cc1cc(C)n(-c2cc(N/N=C/c3cccc(F)c3)nc(C)n2)n1. The normalized spacial score (nSPS) is 11.2. The van der Waals surface area contributed by atoms with E-state index in [9.17, 15) is 4.39 Å². The highest BCUT2D eigenvalue weighted by atomic mass is 19.1. The topological polar surface area (TPSA) is 68.0 Å². The molecule has 6 nitrogen and oxygen atoms in total. The zero-order chi connectivity index (χ0) is 17.1. The summed E-state index contributed by atoms with van der Waals surface area (Å²) in [5.74, 6) is 1.50. The van der Waals surface area contributed by atoms with Crippen LogP contribution in [0.3, 0.4) is 0 Å². The third-order valence-corrected chi connectivity index (χ3v) is 3.29. The monoisotopic (exact) mass is 324 g/mol. The van der Waals surface area contributed by atoms with Gasteiger partial charge in [-0.1, -0.05) is 12.1 Å². The standard InChI is InChI=1S/C17H17FN6/c1-11-7-12(2)24(23-11)17-9-16(20-13(3)21-17)22-19-10-14-5-4-6-15(18)8-14/h4-10H,1-3H3,(H,20,21,22)/b19-10+. The third-order valence-electron chi connectivity index (χ3n) is 3.29. The summed E-state index contributed by atoms with van der Waals surface area (Å²) in [6, 6.07) is 9.92. The molecule has 0 aliphatic heterocycles. The predicted octanol–water partition coefficient (Wildman–Crippen LogP) is 3.17. The molecule has 2 heterocycles. The minimum absolute atomic E-state index is 0.302. The highest BCUT2D eigenvalue weighted by Gasteiger charge is 2.08. The molecule has 0 saturated carbocycles. The molecule has 1 N–H and O–H groups in total. The van der Waals surface area contributed by atoms with Gasteiger partial charge in [-0.25, -0.2) is 19.0 Å². The van der Waals surface area contributed by atoms with E-state index in [1.165, 1.54) is 18.3 Å². The molecule has 3 rings (SSSR count). The van der Waals surface area contributed by atoms with Gasteiger partial charge in [0.05, 0.1) is 11.9 Å². The van der Waals surface area contributed by atoms with Crippen molar-refractivity contribution in [2.24, 2.45) is 5.10 Å². The lowest BCUT2D eigenvalue weighted by atomic mass is 10.2. The fraction of sp³-hybridized carbons (Fsp3) is 0.176. The van der Waals surface area contributed by atoms with Gasteiger partial charge in [0.2, 0.25) is 0 Å². The molecule has 0 aliphatic carbocycles. The molecule has 0 amide bonds. The lowest BCUT2D eigenvalue weighted by molar-refractivity contribution is 0.627. The largest absolute Gasteiger partial charge is 0.261 e. The number of anilines is 1. The third kappa shape index (κ3) is 3.62. The molecule has 0 spiro atoms. The fourth-order valence-electron chi connectivity index (χ4n) is 2.34. The van der Waals surface area contributed by atoms with Gasteiger partial charge in [0.25, 0.3) is 0 Å². The molecule has 7 heteroatoms. The first-order chi connectivity index (χ1) is 11.5. The molecule has 0 radical (unpaired) electrons. The number of hydrogen-bond donors (Lipinski definition) is 1. The highest BCUT2D eigenvalue weighted by molar-refractivity contribution is 5.80. The Morgan fingerprint density at radius 2 is 1.96 bits per heavy atom. The van der Waals surface area contributed by atoms with Crippen LogP contribution in [0.5, 0.6) is 0 Å². The number of rotatable bonds is 4. The average molecular weight is 324 g/mol. The number of aryl methyl sites for hydroxylation is 3. The maximum Gasteiger partial charge on any atom is 0.159 e. The van der Waals surface area contributed by atoms with Gasteiger partial charge in [0.1, 0.15) is 11.6 Å². The van der Waals surface area contributed by atoms with Crippen molar-refractivity contribution in [1.29, 1.82) is 0 Å². The first kappa shape index (κ1) is 15.8. The minimum Gasteiger partial charge on any atom is -0.261 e. The summed E-state index contributed by atoms with van der Waals surface area (Å²) in [7, 11) is 0. The van der Waals surface area contributed by atoms with E-state index in [4.69, 9.17) is 0 Å². The van der Waals surface area contributed by atoms with Crippen molar-refractivity contribution in [2.45, 2.75) is 20.8 Å². The number of aromatic nitrogens is 4. The second-order valence-electron chi connectivity index (χ2n) is 5.42. The minimum atomic E-state index is -0.302. The number of benzene rings is 1. The summed E-state index contributed by atoms with van der Waals surface area (Å²) in [4.78, 5) is 8.70. The number of nitrogens with zero attached hydrogens (tertiary/aromatic N) is 5. The molecule has 0 atom stereocenters. The van der Waals surface area contributed by atoms with Crippen LogP contribution in [0.25, 0.3) is 5.82 Å². The van der Waals surface area contributed by atoms with E-state index in [2.05, 4.69) is 25.6 Å². The highest BCUT2D eigenvalue weighted by Crippen LogP contribution is 2.14. The van der Waals surface area contributed by atoms with Crippen LogP contribution in [0.2, 0.25) is 0 Å². The van der Waals surface area contributed by atoms with Gasteiger partial charge in [-0.05, 0) is 44.5 Å². The number of hydrazone groups is 1. The Hall–Kier alpha value is -3.09. The van der Waals surface area contributed by atoms with Crippen LogP contribution in [0.4, 0.5) is 10.2 Å². The lowest BCUT2D eigenvalue weighted by Crippen LogP contribution is -2.06. The van der Waals surface area contributed by atoms with Crippen molar-refractivity contribution in [1.82, 2.24) is 19.7 Å². The molecular weight excluding hydrogens is 307 g/mol.